The van der Waals surface area contributed by atoms with Gasteiger partial charge in [0.15, 0.2) is 12.1 Å². The van der Waals surface area contributed by atoms with Crippen LogP contribution in [0.25, 0.3) is 0 Å². The topological polar surface area (TPSA) is 66.2 Å². The second-order valence-corrected chi connectivity index (χ2v) is 4.13. The Morgan fingerprint density at radius 3 is 3.18 bits per heavy atom. The molecule has 0 radical (unpaired) electrons. The van der Waals surface area contributed by atoms with Crippen molar-refractivity contribution in [2.75, 3.05) is 6.61 Å². The third-order valence-corrected chi connectivity index (χ3v) is 2.73. The van der Waals surface area contributed by atoms with Crippen LogP contribution < -0.4 is 0 Å². The average Bonchev–Trinajstić information content (AvgIpc) is 2.83. The molecule has 6 nitrogen and oxygen atoms in total. The average molecular weight is 239 g/mol. The molecule has 2 atom stereocenters. The van der Waals surface area contributed by atoms with Gasteiger partial charge in [0.25, 0.3) is 0 Å². The Hall–Kier alpha value is -1.27. The number of ketones is 1. The molecule has 94 valence electrons. The summed E-state index contributed by atoms with van der Waals surface area (Å²) in [6.45, 7) is 2.65. The largest absolute Gasteiger partial charge is 0.353 e. The predicted octanol–water partition coefficient (Wildman–Crippen LogP) is 0.779. The van der Waals surface area contributed by atoms with Gasteiger partial charge in [-0.1, -0.05) is 0 Å². The Balaban J connectivity index is 1.78. The quantitative estimate of drug-likeness (QED) is 0.759. The lowest BCUT2D eigenvalue weighted by Gasteiger charge is -2.25. The van der Waals surface area contributed by atoms with Gasteiger partial charge in [0.1, 0.15) is 25.3 Å². The van der Waals surface area contributed by atoms with Crippen molar-refractivity contribution < 1.29 is 14.3 Å². The molecule has 1 aliphatic rings. The first-order valence-electron chi connectivity index (χ1n) is 5.88. The van der Waals surface area contributed by atoms with Crippen LogP contribution in [-0.4, -0.2) is 39.5 Å². The van der Waals surface area contributed by atoms with E-state index in [9.17, 15) is 4.79 Å². The van der Waals surface area contributed by atoms with Crippen LogP contribution in [0.4, 0.5) is 0 Å². The highest BCUT2D eigenvalue weighted by Crippen LogP contribution is 2.15. The van der Waals surface area contributed by atoms with Crippen molar-refractivity contribution in [1.82, 2.24) is 14.8 Å². The van der Waals surface area contributed by atoms with Crippen LogP contribution in [0.2, 0.25) is 0 Å². The maximum absolute atomic E-state index is 11.8. The summed E-state index contributed by atoms with van der Waals surface area (Å²) < 4.78 is 12.5. The molecule has 0 amide bonds. The fourth-order valence-electron chi connectivity index (χ4n) is 1.72. The monoisotopic (exact) mass is 239 g/mol. The van der Waals surface area contributed by atoms with E-state index in [1.165, 1.54) is 17.3 Å². The molecule has 0 spiro atoms. The second-order valence-electron chi connectivity index (χ2n) is 4.13. The fraction of sp³-hybridized carbons (Fsp3) is 0.727. The molecule has 1 unspecified atom stereocenters. The number of hydrogen-bond acceptors (Lipinski definition) is 5. The number of ether oxygens (including phenoxy) is 2. The van der Waals surface area contributed by atoms with Crippen molar-refractivity contribution >= 4 is 5.78 Å². The summed E-state index contributed by atoms with van der Waals surface area (Å²) in [5.41, 5.74) is 0. The summed E-state index contributed by atoms with van der Waals surface area (Å²) in [5, 5.41) is 3.88. The molecule has 0 aromatic carbocycles. The van der Waals surface area contributed by atoms with Gasteiger partial charge in [-0.2, -0.15) is 5.10 Å². The maximum Gasteiger partial charge on any atom is 0.182 e. The van der Waals surface area contributed by atoms with Gasteiger partial charge in [-0.3, -0.25) is 4.79 Å². The predicted molar refractivity (Wildman–Crippen MR) is 59.2 cm³/mol. The molecule has 0 saturated carbocycles. The van der Waals surface area contributed by atoms with Crippen molar-refractivity contribution in [3.8, 4) is 0 Å². The minimum atomic E-state index is -0.470. The molecule has 6 heteroatoms. The van der Waals surface area contributed by atoms with E-state index in [1.54, 1.807) is 6.92 Å². The highest BCUT2D eigenvalue weighted by Gasteiger charge is 2.21. The third-order valence-electron chi connectivity index (χ3n) is 2.73. The smallest absolute Gasteiger partial charge is 0.182 e. The zero-order chi connectivity index (χ0) is 12.1. The molecule has 17 heavy (non-hydrogen) atoms. The molecule has 2 heterocycles. The SMILES string of the molecule is C[C@@H](OC1CCCCO1)C(=O)Cn1cncn1. The summed E-state index contributed by atoms with van der Waals surface area (Å²) in [5.74, 6) is -0.0235. The van der Waals surface area contributed by atoms with Crippen LogP contribution in [0.5, 0.6) is 0 Å². The lowest BCUT2D eigenvalue weighted by molar-refractivity contribution is -0.188. The lowest BCUT2D eigenvalue weighted by Crippen LogP contribution is -2.32. The molecule has 1 fully saturated rings. The molecule has 0 N–H and O–H groups in total. The van der Waals surface area contributed by atoms with Gasteiger partial charge in [0.05, 0.1) is 0 Å². The summed E-state index contributed by atoms with van der Waals surface area (Å²) in [7, 11) is 0. The van der Waals surface area contributed by atoms with Gasteiger partial charge < -0.3 is 9.47 Å². The summed E-state index contributed by atoms with van der Waals surface area (Å²) in [4.78, 5) is 15.6. The minimum absolute atomic E-state index is 0.0235. The third kappa shape index (κ3) is 3.61. The van der Waals surface area contributed by atoms with Gasteiger partial charge in [0.2, 0.25) is 0 Å². The van der Waals surface area contributed by atoms with Gasteiger partial charge >= 0.3 is 0 Å². The summed E-state index contributed by atoms with van der Waals surface area (Å²) in [6, 6.07) is 0. The molecule has 0 aliphatic carbocycles. The van der Waals surface area contributed by atoms with E-state index in [1.807, 2.05) is 0 Å². The standard InChI is InChI=1S/C11H17N3O3/c1-9(17-11-4-2-3-5-16-11)10(15)6-14-8-12-7-13-14/h7-9,11H,2-6H2,1H3/t9-,11?/m1/s1. The lowest BCUT2D eigenvalue weighted by atomic mass is 10.2. The summed E-state index contributed by atoms with van der Waals surface area (Å²) >= 11 is 0. The van der Waals surface area contributed by atoms with Crippen molar-refractivity contribution in [2.45, 2.75) is 45.1 Å². The number of carbonyl (C=O) groups excluding carboxylic acids is 1. The Bertz CT molecular complexity index is 347. The van der Waals surface area contributed by atoms with E-state index in [0.717, 1.165) is 19.3 Å². The van der Waals surface area contributed by atoms with Crippen molar-refractivity contribution in [2.24, 2.45) is 0 Å². The van der Waals surface area contributed by atoms with E-state index in [4.69, 9.17) is 9.47 Å². The van der Waals surface area contributed by atoms with E-state index in [0.29, 0.717) is 6.61 Å². The minimum Gasteiger partial charge on any atom is -0.353 e. The molecule has 1 saturated heterocycles. The van der Waals surface area contributed by atoms with Gasteiger partial charge in [-0.25, -0.2) is 9.67 Å². The Labute approximate surface area is 99.9 Å². The Kier molecular flexibility index (Phi) is 4.22. The Morgan fingerprint density at radius 1 is 1.65 bits per heavy atom. The molecule has 2 rings (SSSR count). The number of aromatic nitrogens is 3. The first-order valence-corrected chi connectivity index (χ1v) is 5.88. The van der Waals surface area contributed by atoms with Gasteiger partial charge in [-0.15, -0.1) is 0 Å². The van der Waals surface area contributed by atoms with Crippen molar-refractivity contribution in [1.29, 1.82) is 0 Å². The summed E-state index contributed by atoms with van der Waals surface area (Å²) in [6.07, 6.45) is 5.24. The molecule has 0 bridgehead atoms. The van der Waals surface area contributed by atoms with Crippen LogP contribution in [0.15, 0.2) is 12.7 Å². The maximum atomic E-state index is 11.8. The van der Waals surface area contributed by atoms with Crippen LogP contribution in [0.3, 0.4) is 0 Å². The Morgan fingerprint density at radius 2 is 2.53 bits per heavy atom. The molecular formula is C11H17N3O3. The number of Topliss-reactive ketones (excluding diaryl/α,β-unsaturated/α-hetero) is 1. The molecular weight excluding hydrogens is 222 g/mol. The first-order chi connectivity index (χ1) is 8.25. The van der Waals surface area contributed by atoms with Gasteiger partial charge in [-0.05, 0) is 26.2 Å². The zero-order valence-corrected chi connectivity index (χ0v) is 9.91. The van der Waals surface area contributed by atoms with Crippen LogP contribution in [0.1, 0.15) is 26.2 Å². The van der Waals surface area contributed by atoms with Crippen molar-refractivity contribution in [3.63, 3.8) is 0 Å². The first kappa shape index (κ1) is 12.2. The van der Waals surface area contributed by atoms with Crippen LogP contribution in [0, 0.1) is 0 Å². The molecule has 1 aromatic heterocycles. The number of nitrogens with zero attached hydrogens (tertiary/aromatic N) is 3. The van der Waals surface area contributed by atoms with E-state index >= 15 is 0 Å². The number of hydrogen-bond donors (Lipinski definition) is 0. The van der Waals surface area contributed by atoms with E-state index in [2.05, 4.69) is 10.1 Å². The van der Waals surface area contributed by atoms with Crippen LogP contribution >= 0.6 is 0 Å². The zero-order valence-electron chi connectivity index (χ0n) is 9.91. The normalized spacial score (nSPS) is 22.3. The van der Waals surface area contributed by atoms with Gasteiger partial charge in [0, 0.05) is 6.61 Å². The van der Waals surface area contributed by atoms with Crippen molar-refractivity contribution in [3.05, 3.63) is 12.7 Å². The number of carbonyl (C=O) groups is 1. The highest BCUT2D eigenvalue weighted by molar-refractivity contribution is 5.82. The highest BCUT2D eigenvalue weighted by atomic mass is 16.7. The molecule has 1 aliphatic heterocycles. The second kappa shape index (κ2) is 5.88. The fourth-order valence-corrected chi connectivity index (χ4v) is 1.72. The van der Waals surface area contributed by atoms with Crippen LogP contribution in [-0.2, 0) is 20.8 Å². The number of rotatable bonds is 5. The van der Waals surface area contributed by atoms with E-state index in [-0.39, 0.29) is 18.6 Å². The molecule has 1 aromatic rings. The van der Waals surface area contributed by atoms with E-state index < -0.39 is 6.10 Å².